The van der Waals surface area contributed by atoms with Crippen LogP contribution in [-0.4, -0.2) is 31.1 Å². The van der Waals surface area contributed by atoms with E-state index < -0.39 is 18.4 Å². The van der Waals surface area contributed by atoms with E-state index in [2.05, 4.69) is 69.0 Å². The number of ether oxygens (including phenoxy) is 3. The lowest BCUT2D eigenvalue weighted by atomic mass is 9.67. The fourth-order valence-electron chi connectivity index (χ4n) is 4.73. The van der Waals surface area contributed by atoms with Crippen molar-refractivity contribution in [3.63, 3.8) is 0 Å². The van der Waals surface area contributed by atoms with E-state index in [9.17, 15) is 4.79 Å². The number of carbonyl (C=O) groups is 1. The van der Waals surface area contributed by atoms with Crippen molar-refractivity contribution >= 4 is 5.97 Å². The minimum Gasteiger partial charge on any atom is -0.453 e. The Labute approximate surface area is 172 Å². The van der Waals surface area contributed by atoms with Gasteiger partial charge in [0.15, 0.2) is 12.4 Å². The van der Waals surface area contributed by atoms with Crippen LogP contribution in [0.15, 0.2) is 61.2 Å². The fraction of sp³-hybridized carbons (Fsp3) is 0.400. The third-order valence-corrected chi connectivity index (χ3v) is 6.28. The van der Waals surface area contributed by atoms with Crippen LogP contribution >= 0.6 is 0 Å². The Balaban J connectivity index is 1.78. The summed E-state index contributed by atoms with van der Waals surface area (Å²) in [5.41, 5.74) is 4.69. The Kier molecular flexibility index (Phi) is 5.57. The standard InChI is InChI=1S/C25H28O4/c1-4-22(26)29-23-24-27-16-21(28-24)15-25(23,13-19-11-7-5-9-17(19)2)14-20-12-8-6-10-18(20)3/h4-12,21,23-24H,1,13-16H2,2-3H3. The highest BCUT2D eigenvalue weighted by atomic mass is 16.7. The van der Waals surface area contributed by atoms with Crippen LogP contribution in [-0.2, 0) is 31.8 Å². The molecule has 2 bridgehead atoms. The second-order valence-corrected chi connectivity index (χ2v) is 8.29. The first-order valence-corrected chi connectivity index (χ1v) is 10.2. The Morgan fingerprint density at radius 2 is 1.69 bits per heavy atom. The molecule has 0 radical (unpaired) electrons. The van der Waals surface area contributed by atoms with E-state index in [1.807, 2.05) is 0 Å². The summed E-state index contributed by atoms with van der Waals surface area (Å²) in [6.45, 7) is 8.37. The van der Waals surface area contributed by atoms with Crippen molar-refractivity contribution in [2.75, 3.05) is 6.61 Å². The van der Waals surface area contributed by atoms with Crippen molar-refractivity contribution in [1.82, 2.24) is 0 Å². The Morgan fingerprint density at radius 3 is 2.24 bits per heavy atom. The lowest BCUT2D eigenvalue weighted by Gasteiger charge is -2.46. The van der Waals surface area contributed by atoms with Crippen molar-refractivity contribution in [2.45, 2.75) is 51.6 Å². The maximum atomic E-state index is 12.2. The van der Waals surface area contributed by atoms with E-state index in [0.717, 1.165) is 19.3 Å². The minimum absolute atomic E-state index is 0.0201. The molecular formula is C25H28O4. The number of carbonyl (C=O) groups excluding carboxylic acids is 1. The van der Waals surface area contributed by atoms with E-state index in [1.54, 1.807) is 0 Å². The van der Waals surface area contributed by atoms with Gasteiger partial charge >= 0.3 is 5.97 Å². The van der Waals surface area contributed by atoms with Gasteiger partial charge in [-0.2, -0.15) is 0 Å². The first-order valence-electron chi connectivity index (χ1n) is 10.2. The first kappa shape index (κ1) is 19.9. The van der Waals surface area contributed by atoms with E-state index in [0.29, 0.717) is 6.61 Å². The van der Waals surface area contributed by atoms with Crippen molar-refractivity contribution in [2.24, 2.45) is 5.41 Å². The minimum atomic E-state index is -0.536. The predicted octanol–water partition coefficient (Wildman–Crippen LogP) is 4.32. The van der Waals surface area contributed by atoms with E-state index >= 15 is 0 Å². The molecule has 2 aliphatic rings. The van der Waals surface area contributed by atoms with Crippen LogP contribution in [0.3, 0.4) is 0 Å². The predicted molar refractivity (Wildman–Crippen MR) is 112 cm³/mol. The first-order chi connectivity index (χ1) is 14.0. The van der Waals surface area contributed by atoms with Gasteiger partial charge in [-0.05, 0) is 55.4 Å². The molecule has 152 valence electrons. The molecule has 4 rings (SSSR count). The molecule has 0 saturated carbocycles. The fourth-order valence-corrected chi connectivity index (χ4v) is 4.73. The molecule has 0 aromatic heterocycles. The molecule has 2 saturated heterocycles. The average Bonchev–Trinajstić information content (AvgIpc) is 3.12. The topological polar surface area (TPSA) is 44.8 Å². The van der Waals surface area contributed by atoms with Gasteiger partial charge < -0.3 is 14.2 Å². The van der Waals surface area contributed by atoms with Crippen LogP contribution < -0.4 is 0 Å². The highest BCUT2D eigenvalue weighted by Crippen LogP contribution is 2.47. The molecule has 29 heavy (non-hydrogen) atoms. The molecule has 0 N–H and O–H groups in total. The quantitative estimate of drug-likeness (QED) is 0.543. The Hall–Kier alpha value is -2.43. The summed E-state index contributed by atoms with van der Waals surface area (Å²) in [6, 6.07) is 16.8. The van der Waals surface area contributed by atoms with Gasteiger partial charge in [0, 0.05) is 11.5 Å². The summed E-state index contributed by atoms with van der Waals surface area (Å²) in [6.07, 6.45) is 2.57. The molecule has 0 amide bonds. The van der Waals surface area contributed by atoms with Gasteiger partial charge in [0.1, 0.15) is 0 Å². The molecule has 4 heteroatoms. The maximum absolute atomic E-state index is 12.2. The average molecular weight is 392 g/mol. The van der Waals surface area contributed by atoms with Gasteiger partial charge in [-0.25, -0.2) is 4.79 Å². The maximum Gasteiger partial charge on any atom is 0.330 e. The largest absolute Gasteiger partial charge is 0.453 e. The van der Waals surface area contributed by atoms with Gasteiger partial charge in [0.25, 0.3) is 0 Å². The summed E-state index contributed by atoms with van der Waals surface area (Å²) in [7, 11) is 0. The van der Waals surface area contributed by atoms with Crippen LogP contribution in [0.1, 0.15) is 28.7 Å². The number of fused-ring (bicyclic) bond motifs is 2. The van der Waals surface area contributed by atoms with Crippen LogP contribution in [0.5, 0.6) is 0 Å². The van der Waals surface area contributed by atoms with Gasteiger partial charge in [0.05, 0.1) is 12.7 Å². The second kappa shape index (κ2) is 8.13. The van der Waals surface area contributed by atoms with Gasteiger partial charge in [-0.3, -0.25) is 0 Å². The van der Waals surface area contributed by atoms with E-state index in [-0.39, 0.29) is 11.5 Å². The van der Waals surface area contributed by atoms with E-state index in [1.165, 1.54) is 28.3 Å². The van der Waals surface area contributed by atoms with Crippen molar-refractivity contribution in [1.29, 1.82) is 0 Å². The molecular weight excluding hydrogens is 364 g/mol. The van der Waals surface area contributed by atoms with Gasteiger partial charge in [-0.15, -0.1) is 0 Å². The molecule has 4 nitrogen and oxygen atoms in total. The number of esters is 1. The lowest BCUT2D eigenvalue weighted by Crippen LogP contribution is -2.53. The number of benzene rings is 2. The summed E-state index contributed by atoms with van der Waals surface area (Å²) >= 11 is 0. The molecule has 2 heterocycles. The van der Waals surface area contributed by atoms with Crippen LogP contribution in [0, 0.1) is 19.3 Å². The van der Waals surface area contributed by atoms with Crippen LogP contribution in [0.25, 0.3) is 0 Å². The monoisotopic (exact) mass is 392 g/mol. The lowest BCUT2D eigenvalue weighted by molar-refractivity contribution is -0.221. The third-order valence-electron chi connectivity index (χ3n) is 6.28. The highest BCUT2D eigenvalue weighted by molar-refractivity contribution is 5.81. The number of hydrogen-bond donors (Lipinski definition) is 0. The zero-order valence-corrected chi connectivity index (χ0v) is 17.1. The molecule has 3 unspecified atom stereocenters. The summed E-state index contributed by atoms with van der Waals surface area (Å²) in [4.78, 5) is 12.2. The summed E-state index contributed by atoms with van der Waals surface area (Å²) in [5, 5.41) is 0. The second-order valence-electron chi connectivity index (χ2n) is 8.29. The van der Waals surface area contributed by atoms with Crippen molar-refractivity contribution < 1.29 is 19.0 Å². The molecule has 0 spiro atoms. The SMILES string of the molecule is C=CC(=O)OC1C2OCC(CC1(Cc1ccccc1C)Cc1ccccc1C)O2. The molecule has 2 fully saturated rings. The summed E-state index contributed by atoms with van der Waals surface area (Å²) in [5.74, 6) is -0.438. The third kappa shape index (κ3) is 4.00. The van der Waals surface area contributed by atoms with Crippen molar-refractivity contribution in [3.8, 4) is 0 Å². The van der Waals surface area contributed by atoms with Crippen LogP contribution in [0.2, 0.25) is 0 Å². The number of rotatable bonds is 6. The van der Waals surface area contributed by atoms with Gasteiger partial charge in [-0.1, -0.05) is 55.1 Å². The molecule has 2 aliphatic heterocycles. The highest BCUT2D eigenvalue weighted by Gasteiger charge is 2.55. The zero-order chi connectivity index (χ0) is 20.4. The Morgan fingerprint density at radius 1 is 1.10 bits per heavy atom. The zero-order valence-electron chi connectivity index (χ0n) is 17.1. The molecule has 2 aromatic carbocycles. The number of aryl methyl sites for hydroxylation is 2. The van der Waals surface area contributed by atoms with Crippen LogP contribution in [0.4, 0.5) is 0 Å². The van der Waals surface area contributed by atoms with Gasteiger partial charge in [0.2, 0.25) is 0 Å². The molecule has 3 atom stereocenters. The van der Waals surface area contributed by atoms with E-state index in [4.69, 9.17) is 14.2 Å². The normalized spacial score (nSPS) is 24.8. The summed E-state index contributed by atoms with van der Waals surface area (Å²) < 4.78 is 17.8. The molecule has 0 aliphatic carbocycles. The molecule has 2 aromatic rings. The van der Waals surface area contributed by atoms with Crippen molar-refractivity contribution in [3.05, 3.63) is 83.4 Å². The smallest absolute Gasteiger partial charge is 0.330 e. The Bertz CT molecular complexity index is 856. The number of hydrogen-bond acceptors (Lipinski definition) is 4.